The van der Waals surface area contributed by atoms with Gasteiger partial charge in [0.2, 0.25) is 0 Å². The Hall–Kier alpha value is -6.81. The molecular weight excluding hydrogens is 673 g/mol. The van der Waals surface area contributed by atoms with Gasteiger partial charge in [0.25, 0.3) is 0 Å². The van der Waals surface area contributed by atoms with Gasteiger partial charge in [0, 0.05) is 40.4 Å². The van der Waals surface area contributed by atoms with Crippen LogP contribution >= 0.6 is 11.3 Å². The molecule has 0 radical (unpaired) electrons. The Labute approximate surface area is 318 Å². The Balaban J connectivity index is 0.981. The molecule has 0 aliphatic heterocycles. The van der Waals surface area contributed by atoms with Crippen molar-refractivity contribution < 1.29 is 0 Å². The van der Waals surface area contributed by atoms with Gasteiger partial charge in [0.05, 0.1) is 4.70 Å². The second-order valence-corrected chi connectivity index (χ2v) is 14.6. The van der Waals surface area contributed by atoms with Crippen molar-refractivity contribution in [2.75, 3.05) is 4.90 Å². The molecule has 2 nitrogen and oxygen atoms in total. The SMILES string of the molecule is c1ccc2cc(-c3ccc(-c4ccc(N(c5ccc(-c6ccc7ccccc7c6)cc5)c5ccc(-c6csc7cnccc67)cc5)cc4)cc3)ccc2c1. The van der Waals surface area contributed by atoms with Gasteiger partial charge in [-0.25, -0.2) is 0 Å². The summed E-state index contributed by atoms with van der Waals surface area (Å²) in [7, 11) is 0. The molecule has 10 rings (SSSR count). The zero-order chi connectivity index (χ0) is 35.8. The van der Waals surface area contributed by atoms with E-state index in [-0.39, 0.29) is 0 Å². The zero-order valence-corrected chi connectivity index (χ0v) is 30.2. The summed E-state index contributed by atoms with van der Waals surface area (Å²) in [6.07, 6.45) is 3.82. The predicted octanol–water partition coefficient (Wildman–Crippen LogP) is 14.7. The Bertz CT molecular complexity index is 2910. The zero-order valence-electron chi connectivity index (χ0n) is 29.4. The van der Waals surface area contributed by atoms with Crippen LogP contribution in [0, 0.1) is 0 Å². The maximum absolute atomic E-state index is 4.32. The molecule has 8 aromatic carbocycles. The molecule has 0 atom stereocenters. The number of nitrogens with zero attached hydrogens (tertiary/aromatic N) is 2. The van der Waals surface area contributed by atoms with E-state index in [0.29, 0.717) is 0 Å². The van der Waals surface area contributed by atoms with Crippen LogP contribution in [-0.2, 0) is 0 Å². The van der Waals surface area contributed by atoms with E-state index in [2.05, 4.69) is 203 Å². The number of aromatic nitrogens is 1. The fourth-order valence-corrected chi connectivity index (χ4v) is 8.48. The van der Waals surface area contributed by atoms with Crippen LogP contribution in [0.4, 0.5) is 17.1 Å². The van der Waals surface area contributed by atoms with Gasteiger partial charge >= 0.3 is 0 Å². The molecule has 54 heavy (non-hydrogen) atoms. The van der Waals surface area contributed by atoms with Gasteiger partial charge in [0.1, 0.15) is 0 Å². The summed E-state index contributed by atoms with van der Waals surface area (Å²) < 4.78 is 1.20. The first kappa shape index (κ1) is 31.9. The van der Waals surface area contributed by atoms with E-state index in [9.17, 15) is 0 Å². The van der Waals surface area contributed by atoms with Crippen molar-refractivity contribution in [2.24, 2.45) is 0 Å². The number of hydrogen-bond acceptors (Lipinski definition) is 3. The summed E-state index contributed by atoms with van der Waals surface area (Å²) in [5.41, 5.74) is 13.0. The van der Waals surface area contributed by atoms with Crippen LogP contribution in [0.2, 0.25) is 0 Å². The van der Waals surface area contributed by atoms with Crippen LogP contribution in [0.25, 0.3) is 76.1 Å². The quantitative estimate of drug-likeness (QED) is 0.164. The molecular formula is C51H34N2S. The lowest BCUT2D eigenvalue weighted by Crippen LogP contribution is -2.09. The van der Waals surface area contributed by atoms with Gasteiger partial charge in [0.15, 0.2) is 0 Å². The van der Waals surface area contributed by atoms with Crippen molar-refractivity contribution in [1.82, 2.24) is 4.98 Å². The third-order valence-electron chi connectivity index (χ3n) is 10.4. The molecule has 0 fully saturated rings. The van der Waals surface area contributed by atoms with Crippen molar-refractivity contribution in [2.45, 2.75) is 0 Å². The standard InChI is InChI=1S/C51H34N2S/c1-3-7-42-31-44(15-13-35(42)5-1)39-11-9-37(10-12-39)38-17-23-46(24-18-38)53(48-27-21-41(22-28-48)50-34-54-51-33-52-30-29-49(50)51)47-25-19-40(20-26-47)45-16-14-36-6-2-4-8-43(36)32-45/h1-34H. The van der Waals surface area contributed by atoms with E-state index in [4.69, 9.17) is 0 Å². The number of hydrogen-bond donors (Lipinski definition) is 0. The lowest BCUT2D eigenvalue weighted by Gasteiger charge is -2.26. The van der Waals surface area contributed by atoms with Crippen molar-refractivity contribution in [3.63, 3.8) is 0 Å². The van der Waals surface area contributed by atoms with Gasteiger partial charge in [-0.15, -0.1) is 11.3 Å². The summed E-state index contributed by atoms with van der Waals surface area (Å²) in [5.74, 6) is 0. The topological polar surface area (TPSA) is 16.1 Å². The van der Waals surface area contributed by atoms with Crippen LogP contribution in [0.5, 0.6) is 0 Å². The van der Waals surface area contributed by atoms with E-state index in [1.807, 2.05) is 12.4 Å². The third-order valence-corrected chi connectivity index (χ3v) is 11.4. The van der Waals surface area contributed by atoms with E-state index >= 15 is 0 Å². The van der Waals surface area contributed by atoms with Gasteiger partial charge in [-0.3, -0.25) is 4.98 Å². The van der Waals surface area contributed by atoms with E-state index < -0.39 is 0 Å². The Morgan fingerprint density at radius 2 is 0.778 bits per heavy atom. The van der Waals surface area contributed by atoms with Crippen LogP contribution in [0.15, 0.2) is 206 Å². The number of fused-ring (bicyclic) bond motifs is 3. The largest absolute Gasteiger partial charge is 0.311 e. The predicted molar refractivity (Wildman–Crippen MR) is 231 cm³/mol. The highest BCUT2D eigenvalue weighted by Gasteiger charge is 2.15. The lowest BCUT2D eigenvalue weighted by molar-refractivity contribution is 1.28. The molecule has 0 bridgehead atoms. The van der Waals surface area contributed by atoms with Gasteiger partial charge in [-0.05, 0) is 120 Å². The van der Waals surface area contributed by atoms with Crippen molar-refractivity contribution in [3.8, 4) is 44.5 Å². The van der Waals surface area contributed by atoms with E-state index in [1.54, 1.807) is 11.3 Å². The maximum atomic E-state index is 4.32. The fraction of sp³-hybridized carbons (Fsp3) is 0. The minimum Gasteiger partial charge on any atom is -0.311 e. The highest BCUT2D eigenvalue weighted by molar-refractivity contribution is 7.17. The number of pyridine rings is 1. The first-order chi connectivity index (χ1) is 26.7. The van der Waals surface area contributed by atoms with Crippen molar-refractivity contribution in [3.05, 3.63) is 206 Å². The molecule has 0 spiro atoms. The molecule has 0 aliphatic rings. The summed E-state index contributed by atoms with van der Waals surface area (Å²) in [5, 5.41) is 8.50. The molecule has 2 aromatic heterocycles. The molecule has 254 valence electrons. The minimum absolute atomic E-state index is 1.10. The monoisotopic (exact) mass is 706 g/mol. The molecule has 0 saturated carbocycles. The van der Waals surface area contributed by atoms with Gasteiger partial charge in [-0.2, -0.15) is 0 Å². The van der Waals surface area contributed by atoms with Gasteiger partial charge < -0.3 is 4.90 Å². The Morgan fingerprint density at radius 1 is 0.370 bits per heavy atom. The summed E-state index contributed by atoms with van der Waals surface area (Å²) in [6.45, 7) is 0. The first-order valence-corrected chi connectivity index (χ1v) is 19.1. The van der Waals surface area contributed by atoms with E-state index in [1.165, 1.54) is 76.1 Å². The summed E-state index contributed by atoms with van der Waals surface area (Å²) in [6, 6.07) is 68.3. The van der Waals surface area contributed by atoms with Crippen LogP contribution < -0.4 is 4.90 Å². The van der Waals surface area contributed by atoms with Gasteiger partial charge in [-0.1, -0.05) is 133 Å². The molecule has 2 heterocycles. The number of rotatable bonds is 7. The number of thiophene rings is 1. The highest BCUT2D eigenvalue weighted by Crippen LogP contribution is 2.40. The van der Waals surface area contributed by atoms with Crippen LogP contribution in [-0.4, -0.2) is 4.98 Å². The molecule has 0 N–H and O–H groups in total. The number of anilines is 3. The molecule has 10 aromatic rings. The number of benzene rings is 8. The molecule has 0 amide bonds. The molecule has 0 aliphatic carbocycles. The van der Waals surface area contributed by atoms with Crippen molar-refractivity contribution in [1.29, 1.82) is 0 Å². The summed E-state index contributed by atoms with van der Waals surface area (Å²) in [4.78, 5) is 6.66. The average molecular weight is 707 g/mol. The first-order valence-electron chi connectivity index (χ1n) is 18.2. The Morgan fingerprint density at radius 3 is 1.28 bits per heavy atom. The average Bonchev–Trinajstić information content (AvgIpc) is 3.69. The van der Waals surface area contributed by atoms with Crippen LogP contribution in [0.1, 0.15) is 0 Å². The van der Waals surface area contributed by atoms with E-state index in [0.717, 1.165) is 17.1 Å². The highest BCUT2D eigenvalue weighted by atomic mass is 32.1. The normalized spacial score (nSPS) is 11.3. The molecule has 0 saturated heterocycles. The second-order valence-electron chi connectivity index (χ2n) is 13.7. The fourth-order valence-electron chi connectivity index (χ4n) is 7.54. The van der Waals surface area contributed by atoms with Crippen LogP contribution in [0.3, 0.4) is 0 Å². The second kappa shape index (κ2) is 13.6. The Kier molecular flexibility index (Phi) is 8.05. The van der Waals surface area contributed by atoms with Crippen molar-refractivity contribution >= 4 is 60.0 Å². The smallest absolute Gasteiger partial charge is 0.0532 e. The maximum Gasteiger partial charge on any atom is 0.0532 e. The summed E-state index contributed by atoms with van der Waals surface area (Å²) >= 11 is 1.74. The molecule has 3 heteroatoms. The lowest BCUT2D eigenvalue weighted by atomic mass is 9.98. The molecule has 0 unspecified atom stereocenters. The minimum atomic E-state index is 1.10. The third kappa shape index (κ3) is 6.01.